The Morgan fingerprint density at radius 1 is 0.978 bits per heavy atom. The van der Waals surface area contributed by atoms with E-state index >= 15 is 0 Å². The topological polar surface area (TPSA) is 86.3 Å². The highest BCUT2D eigenvalue weighted by Gasteiger charge is 2.31. The van der Waals surface area contributed by atoms with Gasteiger partial charge in [-0.15, -0.1) is 29.6 Å². The fourth-order valence-corrected chi connectivity index (χ4v) is 6.04. The number of hydrogen-bond donors (Lipinski definition) is 1. The molecule has 0 bridgehead atoms. The van der Waals surface area contributed by atoms with Gasteiger partial charge in [0.25, 0.3) is 0 Å². The number of aryl methyl sites for hydroxylation is 5. The summed E-state index contributed by atoms with van der Waals surface area (Å²) < 4.78 is 44.6. The Morgan fingerprint density at radius 3 is 2.33 bits per heavy atom. The van der Waals surface area contributed by atoms with Gasteiger partial charge in [-0.2, -0.15) is 4.99 Å². The van der Waals surface area contributed by atoms with Crippen molar-refractivity contribution in [1.82, 2.24) is 24.6 Å². The van der Waals surface area contributed by atoms with Crippen LogP contribution >= 0.6 is 11.3 Å². The number of nitrogens with one attached hydrogen (secondary N) is 1. The van der Waals surface area contributed by atoms with Crippen LogP contribution in [0.25, 0.3) is 22.8 Å². The quantitative estimate of drug-likeness (QED) is 0.170. The summed E-state index contributed by atoms with van der Waals surface area (Å²) in [6.45, 7) is 8.77. The number of benzene rings is 3. The van der Waals surface area contributed by atoms with E-state index in [-0.39, 0.29) is 11.8 Å². The van der Waals surface area contributed by atoms with Crippen molar-refractivity contribution in [3.8, 4) is 28.5 Å². The molecule has 3 aromatic carbocycles. The molecule has 0 aliphatic carbocycles. The van der Waals surface area contributed by atoms with E-state index in [1.807, 2.05) is 41.1 Å². The summed E-state index contributed by atoms with van der Waals surface area (Å²) in [5.41, 5.74) is 8.10. The Morgan fingerprint density at radius 2 is 1.67 bits per heavy atom. The first-order chi connectivity index (χ1) is 21.5. The van der Waals surface area contributed by atoms with E-state index in [1.54, 1.807) is 0 Å². The van der Waals surface area contributed by atoms with Gasteiger partial charge in [-0.05, 0) is 87.9 Å². The Hall–Kier alpha value is -4.71. The molecule has 8 nitrogen and oxygen atoms in total. The molecule has 0 unspecified atom stereocenters. The summed E-state index contributed by atoms with van der Waals surface area (Å²) in [4.78, 5) is 22.0. The standard InChI is InChI=1S/C33H33F3N6O2S/c1-21-17-22(2)29(23(3)18-21)42-24(4)19-45-32(42)39-31(43)37-16-6-5-7-25-8-10-26(11-9-25)30-38-20-41(40-30)27-12-14-28(15-13-27)44-33(34,35)36/h8-15,17-20H,5-7,16H2,1-4H3,(H,37,43)/b39-32-. The van der Waals surface area contributed by atoms with E-state index in [4.69, 9.17) is 0 Å². The molecule has 12 heteroatoms. The first-order valence-corrected chi connectivity index (χ1v) is 15.3. The van der Waals surface area contributed by atoms with Crippen molar-refractivity contribution in [2.75, 3.05) is 6.54 Å². The van der Waals surface area contributed by atoms with Gasteiger partial charge in [-0.1, -0.05) is 42.0 Å². The number of carbonyl (C=O) groups is 1. The lowest BCUT2D eigenvalue weighted by atomic mass is 10.0. The number of hydrogen-bond acceptors (Lipinski definition) is 5. The first kappa shape index (κ1) is 31.7. The summed E-state index contributed by atoms with van der Waals surface area (Å²) in [6.07, 6.45) is -0.693. The minimum Gasteiger partial charge on any atom is -0.406 e. The second-order valence-electron chi connectivity index (χ2n) is 10.8. The molecule has 2 heterocycles. The van der Waals surface area contributed by atoms with Crippen LogP contribution in [0.3, 0.4) is 0 Å². The Bertz CT molecular complexity index is 1830. The summed E-state index contributed by atoms with van der Waals surface area (Å²) in [6, 6.07) is 17.2. The van der Waals surface area contributed by atoms with Crippen molar-refractivity contribution in [3.63, 3.8) is 0 Å². The van der Waals surface area contributed by atoms with Crippen LogP contribution in [-0.4, -0.2) is 38.3 Å². The maximum Gasteiger partial charge on any atom is 0.573 e. The second-order valence-corrected chi connectivity index (χ2v) is 11.6. The van der Waals surface area contributed by atoms with E-state index in [9.17, 15) is 18.0 Å². The molecule has 5 aromatic rings. The van der Waals surface area contributed by atoms with Gasteiger partial charge in [-0.25, -0.2) is 14.5 Å². The van der Waals surface area contributed by atoms with Gasteiger partial charge in [-0.3, -0.25) is 4.57 Å². The molecule has 0 saturated heterocycles. The Labute approximate surface area is 262 Å². The van der Waals surface area contributed by atoms with Crippen LogP contribution in [0.2, 0.25) is 0 Å². The lowest BCUT2D eigenvalue weighted by Gasteiger charge is -2.14. The SMILES string of the molecule is Cc1cc(C)c(-n2c(C)cs/c2=N\C(=O)NCCCCc2ccc(-c3ncn(-c4ccc(OC(F)(F)F)cc4)n3)cc2)c(C)c1. The third kappa shape index (κ3) is 8.07. The molecule has 234 valence electrons. The van der Waals surface area contributed by atoms with E-state index in [0.29, 0.717) is 22.9 Å². The van der Waals surface area contributed by atoms with Crippen molar-refractivity contribution in [2.24, 2.45) is 4.99 Å². The summed E-state index contributed by atoms with van der Waals surface area (Å²) >= 11 is 1.45. The average molecular weight is 635 g/mol. The molecule has 2 amide bonds. The zero-order chi connectivity index (χ0) is 32.1. The number of halogens is 3. The predicted molar refractivity (Wildman–Crippen MR) is 168 cm³/mol. The Balaban J connectivity index is 1.11. The molecule has 0 radical (unpaired) electrons. The van der Waals surface area contributed by atoms with Gasteiger partial charge in [0.05, 0.1) is 11.4 Å². The number of alkyl halides is 3. The number of thiazole rings is 1. The molecule has 0 saturated carbocycles. The highest BCUT2D eigenvalue weighted by atomic mass is 32.1. The number of unbranched alkanes of at least 4 members (excludes halogenated alkanes) is 1. The third-order valence-electron chi connectivity index (χ3n) is 7.14. The smallest absolute Gasteiger partial charge is 0.406 e. The molecule has 0 aliphatic rings. The number of nitrogens with zero attached hydrogens (tertiary/aromatic N) is 5. The van der Waals surface area contributed by atoms with Crippen LogP contribution in [-0.2, 0) is 6.42 Å². The van der Waals surface area contributed by atoms with Crippen molar-refractivity contribution >= 4 is 17.4 Å². The van der Waals surface area contributed by atoms with Gasteiger partial charge in [0.1, 0.15) is 12.1 Å². The fraction of sp³-hybridized carbons (Fsp3) is 0.273. The second kappa shape index (κ2) is 13.5. The molecular formula is C33H33F3N6O2S. The van der Waals surface area contributed by atoms with Crippen LogP contribution < -0.4 is 14.9 Å². The number of rotatable bonds is 9. The van der Waals surface area contributed by atoms with Crippen LogP contribution in [0.4, 0.5) is 18.0 Å². The molecule has 5 rings (SSSR count). The van der Waals surface area contributed by atoms with Crippen molar-refractivity contribution in [2.45, 2.75) is 53.3 Å². The Kier molecular flexibility index (Phi) is 9.52. The molecule has 0 aliphatic heterocycles. The molecule has 1 N–H and O–H groups in total. The van der Waals surface area contributed by atoms with Gasteiger partial charge >= 0.3 is 12.4 Å². The molecule has 45 heavy (non-hydrogen) atoms. The van der Waals surface area contributed by atoms with E-state index in [2.05, 4.69) is 58.0 Å². The maximum atomic E-state index is 12.6. The van der Waals surface area contributed by atoms with Crippen LogP contribution in [0.1, 0.15) is 40.8 Å². The summed E-state index contributed by atoms with van der Waals surface area (Å²) in [7, 11) is 0. The van der Waals surface area contributed by atoms with E-state index in [0.717, 1.165) is 52.9 Å². The highest BCUT2D eigenvalue weighted by Crippen LogP contribution is 2.25. The van der Waals surface area contributed by atoms with Crippen LogP contribution in [0.5, 0.6) is 5.75 Å². The monoisotopic (exact) mass is 634 g/mol. The molecule has 0 fully saturated rings. The largest absolute Gasteiger partial charge is 0.573 e. The fourth-order valence-electron chi connectivity index (χ4n) is 5.18. The first-order valence-electron chi connectivity index (χ1n) is 14.4. The molecule has 0 spiro atoms. The van der Waals surface area contributed by atoms with Crippen molar-refractivity contribution in [3.05, 3.63) is 105 Å². The summed E-state index contributed by atoms with van der Waals surface area (Å²) in [5, 5.41) is 9.37. The maximum absolute atomic E-state index is 12.6. The van der Waals surface area contributed by atoms with Crippen molar-refractivity contribution in [1.29, 1.82) is 0 Å². The predicted octanol–water partition coefficient (Wildman–Crippen LogP) is 7.55. The lowest BCUT2D eigenvalue weighted by Crippen LogP contribution is -2.25. The molecular weight excluding hydrogens is 601 g/mol. The zero-order valence-corrected chi connectivity index (χ0v) is 26.2. The van der Waals surface area contributed by atoms with Crippen molar-refractivity contribution < 1.29 is 22.7 Å². The van der Waals surface area contributed by atoms with E-state index in [1.165, 1.54) is 52.2 Å². The lowest BCUT2D eigenvalue weighted by molar-refractivity contribution is -0.274. The number of urea groups is 1. The number of ether oxygens (including phenoxy) is 1. The number of amides is 2. The normalized spacial score (nSPS) is 12.0. The van der Waals surface area contributed by atoms with Gasteiger partial charge in [0.15, 0.2) is 10.6 Å². The van der Waals surface area contributed by atoms with Gasteiger partial charge < -0.3 is 10.1 Å². The van der Waals surface area contributed by atoms with Crippen LogP contribution in [0, 0.1) is 27.7 Å². The number of aromatic nitrogens is 4. The summed E-state index contributed by atoms with van der Waals surface area (Å²) in [5.74, 6) is 0.197. The molecule has 0 atom stereocenters. The van der Waals surface area contributed by atoms with E-state index < -0.39 is 6.36 Å². The number of carbonyl (C=O) groups excluding carboxylic acids is 1. The molecule has 2 aromatic heterocycles. The highest BCUT2D eigenvalue weighted by molar-refractivity contribution is 7.07. The third-order valence-corrected chi connectivity index (χ3v) is 8.09. The minimum absolute atomic E-state index is 0.301. The van der Waals surface area contributed by atoms with Crippen LogP contribution in [0.15, 0.2) is 77.4 Å². The minimum atomic E-state index is -4.74. The van der Waals surface area contributed by atoms with Gasteiger partial charge in [0, 0.05) is 23.2 Å². The average Bonchev–Trinajstić information content (AvgIpc) is 3.60. The van der Waals surface area contributed by atoms with Gasteiger partial charge in [0.2, 0.25) is 0 Å². The zero-order valence-electron chi connectivity index (χ0n) is 25.4.